The molecule has 13 heteroatoms. The van der Waals surface area contributed by atoms with E-state index in [1.807, 2.05) is 25.5 Å². The standard InChI is InChI=1S/C25H27ClN6O5S/c1-25(2,3)21-16-22(28-23(33)27-18-11-9-17(26)10-12-18)32(29-21)19-7-6-8-20(15-19)37-38(35,36)30-24(34)31-13-4-5-14-31/h4,6-13,15-16H,5,14H2,1-3H3,(H,30,34)(H2,27,28,33). The number of carbonyl (C=O) groups excluding carboxylic acids is 2. The maximum Gasteiger partial charge on any atom is 0.411 e. The van der Waals surface area contributed by atoms with Crippen molar-refractivity contribution in [3.8, 4) is 11.4 Å². The van der Waals surface area contributed by atoms with Crippen LogP contribution in [0.2, 0.25) is 5.02 Å². The van der Waals surface area contributed by atoms with Crippen molar-refractivity contribution < 1.29 is 22.2 Å². The van der Waals surface area contributed by atoms with Gasteiger partial charge in [-0.25, -0.2) is 19.0 Å². The summed E-state index contributed by atoms with van der Waals surface area (Å²) in [5.41, 5.74) is 1.30. The lowest BCUT2D eigenvalue weighted by Gasteiger charge is -2.15. The van der Waals surface area contributed by atoms with E-state index in [4.69, 9.17) is 15.8 Å². The van der Waals surface area contributed by atoms with Gasteiger partial charge in [0.2, 0.25) is 0 Å². The van der Waals surface area contributed by atoms with Crippen LogP contribution in [0, 0.1) is 0 Å². The zero-order valence-corrected chi connectivity index (χ0v) is 22.5. The average Bonchev–Trinajstić information content (AvgIpc) is 3.50. The van der Waals surface area contributed by atoms with Gasteiger partial charge in [-0.2, -0.15) is 13.5 Å². The number of nitrogens with one attached hydrogen (secondary N) is 3. The third-order valence-electron chi connectivity index (χ3n) is 5.38. The van der Waals surface area contributed by atoms with E-state index in [-0.39, 0.29) is 11.2 Å². The Labute approximate surface area is 225 Å². The third kappa shape index (κ3) is 6.84. The molecule has 0 aliphatic carbocycles. The molecule has 4 amide bonds. The first-order valence-corrected chi connectivity index (χ1v) is 13.4. The first-order chi connectivity index (χ1) is 17.9. The monoisotopic (exact) mass is 558 g/mol. The van der Waals surface area contributed by atoms with Gasteiger partial charge in [0, 0.05) is 41.0 Å². The van der Waals surface area contributed by atoms with E-state index < -0.39 is 22.4 Å². The number of nitrogens with zero attached hydrogens (tertiary/aromatic N) is 3. The number of hydrogen-bond donors (Lipinski definition) is 3. The maximum atomic E-state index is 12.7. The van der Waals surface area contributed by atoms with E-state index >= 15 is 0 Å². The number of hydrogen-bond acceptors (Lipinski definition) is 6. The summed E-state index contributed by atoms with van der Waals surface area (Å²) in [6.45, 7) is 6.30. The highest BCUT2D eigenvalue weighted by molar-refractivity contribution is 7.85. The summed E-state index contributed by atoms with van der Waals surface area (Å²) >= 11 is 5.91. The molecular weight excluding hydrogens is 532 g/mol. The second kappa shape index (κ2) is 10.8. The van der Waals surface area contributed by atoms with Crippen molar-refractivity contribution in [2.24, 2.45) is 0 Å². The lowest BCUT2D eigenvalue weighted by Crippen LogP contribution is -2.41. The molecule has 38 heavy (non-hydrogen) atoms. The second-order valence-corrected chi connectivity index (χ2v) is 11.2. The summed E-state index contributed by atoms with van der Waals surface area (Å²) in [5, 5.41) is 10.7. The van der Waals surface area contributed by atoms with Gasteiger partial charge in [-0.15, -0.1) is 0 Å². The Morgan fingerprint density at radius 2 is 1.79 bits per heavy atom. The van der Waals surface area contributed by atoms with Crippen molar-refractivity contribution in [1.82, 2.24) is 19.4 Å². The Hall–Kier alpha value is -4.03. The number of benzene rings is 2. The van der Waals surface area contributed by atoms with Crippen molar-refractivity contribution in [3.05, 3.63) is 77.6 Å². The van der Waals surface area contributed by atoms with Gasteiger partial charge in [0.25, 0.3) is 0 Å². The highest BCUT2D eigenvalue weighted by Gasteiger charge is 2.24. The largest absolute Gasteiger partial charge is 0.411 e. The van der Waals surface area contributed by atoms with Crippen molar-refractivity contribution in [2.75, 3.05) is 17.2 Å². The Morgan fingerprint density at radius 3 is 2.45 bits per heavy atom. The fraction of sp³-hybridized carbons (Fsp3) is 0.240. The highest BCUT2D eigenvalue weighted by Crippen LogP contribution is 2.28. The summed E-state index contributed by atoms with van der Waals surface area (Å²) < 4.78 is 33.4. The topological polar surface area (TPSA) is 135 Å². The summed E-state index contributed by atoms with van der Waals surface area (Å²) in [7, 11) is -4.45. The molecule has 11 nitrogen and oxygen atoms in total. The smallest absolute Gasteiger partial charge is 0.367 e. The minimum Gasteiger partial charge on any atom is -0.367 e. The van der Waals surface area contributed by atoms with E-state index in [2.05, 4.69) is 15.7 Å². The third-order valence-corrected chi connectivity index (χ3v) is 6.47. The molecule has 0 bridgehead atoms. The maximum absolute atomic E-state index is 12.7. The normalized spacial score (nSPS) is 13.3. The van der Waals surface area contributed by atoms with Crippen molar-refractivity contribution in [3.63, 3.8) is 0 Å². The van der Waals surface area contributed by atoms with E-state index in [0.717, 1.165) is 0 Å². The Balaban J connectivity index is 1.56. The Morgan fingerprint density at radius 1 is 1.05 bits per heavy atom. The van der Waals surface area contributed by atoms with Crippen LogP contribution in [0.1, 0.15) is 32.9 Å². The van der Waals surface area contributed by atoms with E-state index in [1.165, 1.54) is 27.9 Å². The molecule has 0 saturated heterocycles. The minimum absolute atomic E-state index is 0.0517. The molecule has 200 valence electrons. The van der Waals surface area contributed by atoms with Crippen LogP contribution in [0.3, 0.4) is 0 Å². The molecule has 1 aliphatic rings. The molecule has 3 N–H and O–H groups in total. The van der Waals surface area contributed by atoms with E-state index in [9.17, 15) is 18.0 Å². The first-order valence-electron chi connectivity index (χ1n) is 11.6. The van der Waals surface area contributed by atoms with Crippen molar-refractivity contribution >= 4 is 45.5 Å². The van der Waals surface area contributed by atoms with Crippen LogP contribution in [0.25, 0.3) is 5.69 Å². The van der Waals surface area contributed by atoms with Crippen molar-refractivity contribution in [2.45, 2.75) is 32.6 Å². The van der Waals surface area contributed by atoms with Gasteiger partial charge in [0.1, 0.15) is 11.6 Å². The summed E-state index contributed by atoms with van der Waals surface area (Å²) in [5.74, 6) is 0.291. The summed E-state index contributed by atoms with van der Waals surface area (Å²) in [6, 6.07) is 13.2. The van der Waals surface area contributed by atoms with Gasteiger partial charge < -0.3 is 14.4 Å². The van der Waals surface area contributed by atoms with Crippen LogP contribution >= 0.6 is 11.6 Å². The molecule has 0 spiro atoms. The summed E-state index contributed by atoms with van der Waals surface area (Å²) in [4.78, 5) is 26.1. The molecule has 2 aromatic carbocycles. The highest BCUT2D eigenvalue weighted by atomic mass is 35.5. The van der Waals surface area contributed by atoms with E-state index in [0.29, 0.717) is 40.9 Å². The van der Waals surface area contributed by atoms with Gasteiger partial charge >= 0.3 is 22.4 Å². The van der Waals surface area contributed by atoms with Crippen LogP contribution in [-0.2, 0) is 15.7 Å². The van der Waals surface area contributed by atoms with E-state index in [1.54, 1.807) is 48.5 Å². The number of aromatic nitrogens is 2. The fourth-order valence-electron chi connectivity index (χ4n) is 3.48. The molecule has 1 aliphatic heterocycles. The molecule has 1 aromatic heterocycles. The SMILES string of the molecule is CC(C)(C)c1cc(NC(=O)Nc2ccc(Cl)cc2)n(-c2cccc(OS(=O)(=O)NC(=O)N3C=CCC3)c2)n1. The lowest BCUT2D eigenvalue weighted by atomic mass is 9.92. The number of halogens is 1. The average molecular weight is 559 g/mol. The van der Waals surface area contributed by atoms with Crippen LogP contribution in [0.5, 0.6) is 5.75 Å². The van der Waals surface area contributed by atoms with Gasteiger partial charge in [-0.1, -0.05) is 44.5 Å². The lowest BCUT2D eigenvalue weighted by molar-refractivity contribution is 0.223. The van der Waals surface area contributed by atoms with Gasteiger partial charge in [0.15, 0.2) is 0 Å². The zero-order valence-electron chi connectivity index (χ0n) is 20.9. The fourth-order valence-corrected chi connectivity index (χ4v) is 4.34. The number of anilines is 2. The number of rotatable bonds is 6. The first kappa shape index (κ1) is 27.0. The molecule has 0 unspecified atom stereocenters. The molecular formula is C25H27ClN6O5S. The summed E-state index contributed by atoms with van der Waals surface area (Å²) in [6.07, 6.45) is 3.91. The second-order valence-electron chi connectivity index (χ2n) is 9.47. The molecule has 0 saturated carbocycles. The number of urea groups is 2. The van der Waals surface area contributed by atoms with Crippen LogP contribution in [0.15, 0.2) is 66.9 Å². The van der Waals surface area contributed by atoms with Crippen LogP contribution in [-0.4, -0.2) is 41.7 Å². The molecule has 0 atom stereocenters. The number of amides is 4. The van der Waals surface area contributed by atoms with Crippen LogP contribution < -0.4 is 19.5 Å². The predicted molar refractivity (Wildman–Crippen MR) is 145 cm³/mol. The molecule has 2 heterocycles. The molecule has 3 aromatic rings. The van der Waals surface area contributed by atoms with Gasteiger partial charge in [-0.3, -0.25) is 5.32 Å². The molecule has 4 rings (SSSR count). The Kier molecular flexibility index (Phi) is 7.65. The Bertz CT molecular complexity index is 1480. The minimum atomic E-state index is -4.45. The zero-order chi connectivity index (χ0) is 27.5. The van der Waals surface area contributed by atoms with Gasteiger partial charge in [0.05, 0.1) is 11.4 Å². The van der Waals surface area contributed by atoms with Crippen molar-refractivity contribution in [1.29, 1.82) is 0 Å². The predicted octanol–water partition coefficient (Wildman–Crippen LogP) is 5.02. The quantitative estimate of drug-likeness (QED) is 0.389. The van der Waals surface area contributed by atoms with Gasteiger partial charge in [-0.05, 0) is 42.8 Å². The molecule has 0 radical (unpaired) electrons. The molecule has 0 fully saturated rings. The number of carbonyl (C=O) groups is 2. The van der Waals surface area contributed by atoms with Crippen LogP contribution in [0.4, 0.5) is 21.1 Å².